The van der Waals surface area contributed by atoms with Gasteiger partial charge in [0, 0.05) is 11.9 Å². The smallest absolute Gasteiger partial charge is 0.407 e. The number of aromatic nitrogens is 3. The van der Waals surface area contributed by atoms with E-state index in [1.54, 1.807) is 6.33 Å². The van der Waals surface area contributed by atoms with E-state index in [0.29, 0.717) is 17.9 Å². The second-order valence-electron chi connectivity index (χ2n) is 7.31. The van der Waals surface area contributed by atoms with Crippen molar-refractivity contribution in [1.82, 2.24) is 19.9 Å². The molecule has 138 valence electrons. The monoisotopic (exact) mass is 355 g/mol. The molecule has 0 aliphatic heterocycles. The minimum atomic E-state index is -0.524. The summed E-state index contributed by atoms with van der Waals surface area (Å²) >= 11 is 0. The molecule has 1 unspecified atom stereocenters. The fraction of sp³-hybridized carbons (Fsp3) is 0.421. The normalized spacial score (nSPS) is 13.1. The van der Waals surface area contributed by atoms with Crippen molar-refractivity contribution in [3.05, 3.63) is 30.6 Å². The second kappa shape index (κ2) is 6.82. The van der Waals surface area contributed by atoms with Crippen molar-refractivity contribution in [3.63, 3.8) is 0 Å². The number of rotatable bonds is 4. The molecule has 2 heterocycles. The zero-order chi connectivity index (χ0) is 18.9. The van der Waals surface area contributed by atoms with E-state index < -0.39 is 11.7 Å². The van der Waals surface area contributed by atoms with Crippen LogP contribution in [0.3, 0.4) is 0 Å². The number of hydrogen-bond acceptors (Lipinski definition) is 5. The Balaban J connectivity index is 1.94. The van der Waals surface area contributed by atoms with Gasteiger partial charge in [0.15, 0.2) is 5.82 Å². The van der Waals surface area contributed by atoms with Gasteiger partial charge in [0.05, 0.1) is 23.4 Å². The molecule has 1 atom stereocenters. The molecule has 26 heavy (non-hydrogen) atoms. The molecule has 1 amide bonds. The first-order chi connectivity index (χ1) is 12.3. The van der Waals surface area contributed by atoms with Crippen LogP contribution in [0.4, 0.5) is 10.6 Å². The SMILES string of the molecule is CCC(CNC(=O)OC(C)(C)C)n1cnc2c(N)nc3ccccc3c21. The summed E-state index contributed by atoms with van der Waals surface area (Å²) in [6.45, 7) is 8.03. The Hall–Kier alpha value is -2.83. The van der Waals surface area contributed by atoms with Crippen LogP contribution in [-0.2, 0) is 4.74 Å². The summed E-state index contributed by atoms with van der Waals surface area (Å²) in [5.74, 6) is 0.410. The van der Waals surface area contributed by atoms with Gasteiger partial charge in [0.2, 0.25) is 0 Å². The van der Waals surface area contributed by atoms with E-state index in [1.165, 1.54) is 0 Å². The van der Waals surface area contributed by atoms with Crippen LogP contribution >= 0.6 is 0 Å². The van der Waals surface area contributed by atoms with Crippen molar-refractivity contribution in [3.8, 4) is 0 Å². The maximum absolute atomic E-state index is 12.0. The van der Waals surface area contributed by atoms with Crippen LogP contribution in [0.15, 0.2) is 30.6 Å². The van der Waals surface area contributed by atoms with Crippen LogP contribution < -0.4 is 11.1 Å². The third-order valence-corrected chi connectivity index (χ3v) is 4.18. The molecule has 2 aromatic heterocycles. The largest absolute Gasteiger partial charge is 0.444 e. The summed E-state index contributed by atoms with van der Waals surface area (Å²) in [5, 5.41) is 3.84. The Morgan fingerprint density at radius 3 is 2.77 bits per heavy atom. The number of ether oxygens (including phenoxy) is 1. The number of imidazole rings is 1. The van der Waals surface area contributed by atoms with Crippen molar-refractivity contribution in [2.24, 2.45) is 0 Å². The number of hydrogen-bond donors (Lipinski definition) is 2. The number of alkyl carbamates (subject to hydrolysis) is 1. The van der Waals surface area contributed by atoms with Crippen LogP contribution in [0.2, 0.25) is 0 Å². The Kier molecular flexibility index (Phi) is 4.71. The molecule has 0 aliphatic rings. The number of benzene rings is 1. The summed E-state index contributed by atoms with van der Waals surface area (Å²) in [6, 6.07) is 7.87. The Labute approximate surface area is 152 Å². The molecule has 1 aromatic carbocycles. The van der Waals surface area contributed by atoms with E-state index in [9.17, 15) is 4.79 Å². The molecule has 0 bridgehead atoms. The predicted octanol–water partition coefficient (Wildman–Crippen LogP) is 3.64. The van der Waals surface area contributed by atoms with E-state index >= 15 is 0 Å². The maximum atomic E-state index is 12.0. The first-order valence-corrected chi connectivity index (χ1v) is 8.77. The first-order valence-electron chi connectivity index (χ1n) is 8.77. The topological polar surface area (TPSA) is 95.1 Å². The van der Waals surface area contributed by atoms with Gasteiger partial charge in [-0.15, -0.1) is 0 Å². The van der Waals surface area contributed by atoms with Crippen molar-refractivity contribution in [2.75, 3.05) is 12.3 Å². The lowest BCUT2D eigenvalue weighted by atomic mass is 10.1. The van der Waals surface area contributed by atoms with Gasteiger partial charge in [-0.2, -0.15) is 0 Å². The number of nitrogens with one attached hydrogen (secondary N) is 1. The van der Waals surface area contributed by atoms with Gasteiger partial charge in [-0.25, -0.2) is 14.8 Å². The number of anilines is 1. The zero-order valence-electron chi connectivity index (χ0n) is 15.6. The summed E-state index contributed by atoms with van der Waals surface area (Å²) < 4.78 is 7.38. The molecule has 0 saturated carbocycles. The Bertz CT molecular complexity index is 942. The van der Waals surface area contributed by atoms with Gasteiger partial charge in [-0.05, 0) is 33.3 Å². The van der Waals surface area contributed by atoms with Crippen LogP contribution in [0.25, 0.3) is 21.9 Å². The number of pyridine rings is 1. The summed E-state index contributed by atoms with van der Waals surface area (Å²) in [7, 11) is 0. The summed E-state index contributed by atoms with van der Waals surface area (Å²) in [5.41, 5.74) is 8.01. The molecule has 0 spiro atoms. The molecule has 7 heteroatoms. The van der Waals surface area contributed by atoms with E-state index in [1.807, 2.05) is 45.0 Å². The second-order valence-corrected chi connectivity index (χ2v) is 7.31. The lowest BCUT2D eigenvalue weighted by molar-refractivity contribution is 0.0520. The van der Waals surface area contributed by atoms with Crippen molar-refractivity contribution in [1.29, 1.82) is 0 Å². The predicted molar refractivity (Wildman–Crippen MR) is 103 cm³/mol. The lowest BCUT2D eigenvalue weighted by Crippen LogP contribution is -2.35. The van der Waals surface area contributed by atoms with Gasteiger partial charge >= 0.3 is 6.09 Å². The van der Waals surface area contributed by atoms with Gasteiger partial charge < -0.3 is 20.4 Å². The molecule has 0 saturated heterocycles. The molecule has 0 radical (unpaired) electrons. The highest BCUT2D eigenvalue weighted by atomic mass is 16.6. The number of nitrogen functional groups attached to an aromatic ring is 1. The van der Waals surface area contributed by atoms with Crippen LogP contribution in [0, 0.1) is 0 Å². The van der Waals surface area contributed by atoms with Crippen LogP contribution in [0.1, 0.15) is 40.2 Å². The molecule has 3 rings (SSSR count). The molecular weight excluding hydrogens is 330 g/mol. The third-order valence-electron chi connectivity index (χ3n) is 4.18. The molecule has 0 fully saturated rings. The Morgan fingerprint density at radius 1 is 1.35 bits per heavy atom. The number of amides is 1. The number of carbonyl (C=O) groups excluding carboxylic acids is 1. The van der Waals surface area contributed by atoms with Gasteiger partial charge in [0.25, 0.3) is 0 Å². The summed E-state index contributed by atoms with van der Waals surface area (Å²) in [4.78, 5) is 20.9. The number of carbonyl (C=O) groups is 1. The minimum absolute atomic E-state index is 0.0257. The van der Waals surface area contributed by atoms with E-state index in [4.69, 9.17) is 10.5 Å². The van der Waals surface area contributed by atoms with Gasteiger partial charge in [0.1, 0.15) is 11.1 Å². The van der Waals surface area contributed by atoms with Crippen molar-refractivity contribution in [2.45, 2.75) is 45.8 Å². The highest BCUT2D eigenvalue weighted by molar-refractivity contribution is 6.06. The van der Waals surface area contributed by atoms with E-state index in [-0.39, 0.29) is 6.04 Å². The van der Waals surface area contributed by atoms with Crippen LogP contribution in [0.5, 0.6) is 0 Å². The first kappa shape index (κ1) is 18.0. The fourth-order valence-electron chi connectivity index (χ4n) is 3.00. The highest BCUT2D eigenvalue weighted by Gasteiger charge is 2.20. The maximum Gasteiger partial charge on any atom is 0.407 e. The number of nitrogens with zero attached hydrogens (tertiary/aromatic N) is 3. The van der Waals surface area contributed by atoms with Crippen molar-refractivity contribution < 1.29 is 9.53 Å². The van der Waals surface area contributed by atoms with Crippen molar-refractivity contribution >= 4 is 33.8 Å². The van der Waals surface area contributed by atoms with E-state index in [0.717, 1.165) is 22.8 Å². The zero-order valence-corrected chi connectivity index (χ0v) is 15.6. The number of nitrogens with two attached hydrogens (primary N) is 1. The number of para-hydroxylation sites is 1. The van der Waals surface area contributed by atoms with E-state index in [2.05, 4.69) is 26.8 Å². The number of fused-ring (bicyclic) bond motifs is 3. The molecular formula is C19H25N5O2. The lowest BCUT2D eigenvalue weighted by Gasteiger charge is -2.22. The molecule has 3 aromatic rings. The third kappa shape index (κ3) is 3.56. The van der Waals surface area contributed by atoms with Gasteiger partial charge in [-0.1, -0.05) is 25.1 Å². The fourth-order valence-corrected chi connectivity index (χ4v) is 3.00. The molecule has 7 nitrogen and oxygen atoms in total. The standard InChI is InChI=1S/C19H25N5O2/c1-5-12(10-21-18(25)26-19(2,3)4)24-11-22-15-16(24)13-8-6-7-9-14(13)23-17(15)20/h6-9,11-12H,5,10H2,1-4H3,(H2,20,23)(H,21,25). The Morgan fingerprint density at radius 2 is 2.08 bits per heavy atom. The average Bonchev–Trinajstić information content (AvgIpc) is 3.00. The van der Waals surface area contributed by atoms with Crippen LogP contribution in [-0.4, -0.2) is 32.8 Å². The minimum Gasteiger partial charge on any atom is -0.444 e. The molecule has 3 N–H and O–H groups in total. The molecule has 0 aliphatic carbocycles. The quantitative estimate of drug-likeness (QED) is 0.745. The summed E-state index contributed by atoms with van der Waals surface area (Å²) in [6.07, 6.45) is 2.16. The van der Waals surface area contributed by atoms with Gasteiger partial charge in [-0.3, -0.25) is 0 Å². The highest BCUT2D eigenvalue weighted by Crippen LogP contribution is 2.29. The average molecular weight is 355 g/mol.